The van der Waals surface area contributed by atoms with Crippen LogP contribution in [-0.4, -0.2) is 39.5 Å². The second kappa shape index (κ2) is 13.7. The normalized spacial score (nSPS) is 11.3. The molecule has 8 heteroatoms. The molecule has 4 aromatic carbocycles. The molecule has 0 radical (unpaired) electrons. The van der Waals surface area contributed by atoms with E-state index in [0.717, 1.165) is 78.1 Å². The maximum absolute atomic E-state index is 5.03. The molecule has 55 heavy (non-hydrogen) atoms. The Kier molecular flexibility index (Phi) is 7.96. The van der Waals surface area contributed by atoms with Gasteiger partial charge in [-0.25, -0.2) is 15.0 Å². The van der Waals surface area contributed by atoms with Crippen LogP contribution in [0.1, 0.15) is 0 Å². The highest BCUT2D eigenvalue weighted by Crippen LogP contribution is 2.36. The van der Waals surface area contributed by atoms with Gasteiger partial charge in [0.2, 0.25) is 5.95 Å². The van der Waals surface area contributed by atoms with Crippen LogP contribution in [0.3, 0.4) is 0 Å². The van der Waals surface area contributed by atoms with Gasteiger partial charge in [-0.05, 0) is 82.9 Å². The molecule has 0 atom stereocenters. The zero-order valence-electron chi connectivity index (χ0n) is 29.4. The lowest BCUT2D eigenvalue weighted by atomic mass is 9.98. The van der Waals surface area contributed by atoms with Crippen molar-refractivity contribution in [1.82, 2.24) is 39.5 Å². The third-order valence-electron chi connectivity index (χ3n) is 9.65. The number of nitrogens with zero attached hydrogens (tertiary/aromatic N) is 8. The lowest BCUT2D eigenvalue weighted by Crippen LogP contribution is -2.06. The second-order valence-electron chi connectivity index (χ2n) is 13.1. The average Bonchev–Trinajstić information content (AvgIpc) is 3.61. The number of hydrogen-bond acceptors (Lipinski definition) is 7. The van der Waals surface area contributed by atoms with Crippen LogP contribution in [0.4, 0.5) is 0 Å². The minimum atomic E-state index is 0.510. The highest BCUT2D eigenvalue weighted by Gasteiger charge is 2.19. The lowest BCUT2D eigenvalue weighted by molar-refractivity contribution is 0.944. The molecule has 0 aliphatic heterocycles. The fourth-order valence-corrected chi connectivity index (χ4v) is 6.97. The molecule has 0 amide bonds. The van der Waals surface area contributed by atoms with Gasteiger partial charge in [0.05, 0.1) is 28.3 Å². The Morgan fingerprint density at radius 1 is 0.327 bits per heavy atom. The lowest BCUT2D eigenvalue weighted by Gasteiger charge is -2.11. The molecule has 10 rings (SSSR count). The summed E-state index contributed by atoms with van der Waals surface area (Å²) >= 11 is 0. The summed E-state index contributed by atoms with van der Waals surface area (Å²) < 4.78 is 2.04. The van der Waals surface area contributed by atoms with Gasteiger partial charge < -0.3 is 0 Å². The van der Waals surface area contributed by atoms with Gasteiger partial charge in [0.25, 0.3) is 0 Å². The van der Waals surface area contributed by atoms with Crippen molar-refractivity contribution in [3.05, 3.63) is 182 Å². The molecule has 258 valence electrons. The Morgan fingerprint density at radius 3 is 1.45 bits per heavy atom. The van der Waals surface area contributed by atoms with Crippen molar-refractivity contribution in [1.29, 1.82) is 0 Å². The number of rotatable bonds is 7. The van der Waals surface area contributed by atoms with Crippen LogP contribution in [0.2, 0.25) is 0 Å². The van der Waals surface area contributed by atoms with E-state index in [-0.39, 0.29) is 0 Å². The summed E-state index contributed by atoms with van der Waals surface area (Å²) in [5, 5.41) is 2.07. The topological polar surface area (TPSA) is 95.2 Å². The van der Waals surface area contributed by atoms with Gasteiger partial charge in [0.15, 0.2) is 11.6 Å². The average molecular weight is 707 g/mol. The van der Waals surface area contributed by atoms with Crippen LogP contribution < -0.4 is 0 Å². The molecule has 10 aromatic rings. The Labute approximate surface area is 316 Å². The van der Waals surface area contributed by atoms with Crippen molar-refractivity contribution in [3.8, 4) is 73.8 Å². The predicted octanol–water partition coefficient (Wildman–Crippen LogP) is 10.6. The predicted molar refractivity (Wildman–Crippen MR) is 218 cm³/mol. The largest absolute Gasteiger partial charge is 0.262 e. The van der Waals surface area contributed by atoms with E-state index in [4.69, 9.17) is 24.9 Å². The summed E-state index contributed by atoms with van der Waals surface area (Å²) in [6, 6.07) is 55.2. The van der Waals surface area contributed by atoms with E-state index < -0.39 is 0 Å². The van der Waals surface area contributed by atoms with Crippen LogP contribution in [0.15, 0.2) is 182 Å². The molecule has 0 unspecified atom stereocenters. The number of aromatic nitrogens is 8. The van der Waals surface area contributed by atoms with Crippen LogP contribution in [0.5, 0.6) is 0 Å². The van der Waals surface area contributed by atoms with Crippen molar-refractivity contribution in [2.45, 2.75) is 0 Å². The number of pyridine rings is 4. The number of fused-ring (bicyclic) bond motifs is 3. The minimum Gasteiger partial charge on any atom is -0.262 e. The quantitative estimate of drug-likeness (QED) is 0.163. The SMILES string of the molecule is c1ccc(-c2nc(-c3ccccc3)nc(-n3c4ccc(-c5ccc(-c6cc(-c7ccccn7)nc(-c7ccccn7)c6)cc5)cc4c4cccnc43)n2)cc1. The number of hydrogen-bond donors (Lipinski definition) is 0. The molecule has 6 aromatic heterocycles. The molecule has 0 aliphatic rings. The van der Waals surface area contributed by atoms with E-state index in [2.05, 4.69) is 70.6 Å². The highest BCUT2D eigenvalue weighted by atomic mass is 15.2. The van der Waals surface area contributed by atoms with Gasteiger partial charge in [0, 0.05) is 40.5 Å². The van der Waals surface area contributed by atoms with Crippen LogP contribution in [0.25, 0.3) is 95.7 Å². The Hall–Kier alpha value is -7.71. The molecule has 0 bridgehead atoms. The van der Waals surface area contributed by atoms with E-state index in [0.29, 0.717) is 17.6 Å². The molecule has 0 aliphatic carbocycles. The van der Waals surface area contributed by atoms with E-state index in [1.807, 2.05) is 114 Å². The monoisotopic (exact) mass is 706 g/mol. The third-order valence-corrected chi connectivity index (χ3v) is 9.65. The van der Waals surface area contributed by atoms with Crippen LogP contribution >= 0.6 is 0 Å². The minimum absolute atomic E-state index is 0.510. The summed E-state index contributed by atoms with van der Waals surface area (Å²) in [7, 11) is 0. The van der Waals surface area contributed by atoms with Gasteiger partial charge in [-0.2, -0.15) is 9.97 Å². The molecule has 6 heterocycles. The molecule has 0 spiro atoms. The maximum atomic E-state index is 5.03. The third kappa shape index (κ3) is 6.07. The van der Waals surface area contributed by atoms with E-state index in [1.54, 1.807) is 12.4 Å². The molecule has 0 saturated carbocycles. The van der Waals surface area contributed by atoms with Crippen LogP contribution in [0, 0.1) is 0 Å². The molecule has 0 N–H and O–H groups in total. The smallest absolute Gasteiger partial charge is 0.240 e. The standard InChI is InChI=1S/C47H30N8/c1-3-12-33(13-4-1)44-52-45(34-14-5-2-6-15-34)54-47(53-44)55-43-24-23-35(28-38(43)37-16-11-27-50-46(37)55)31-19-21-32(22-20-31)36-29-41(39-17-7-9-25-48-39)51-42(30-36)40-18-8-10-26-49-40/h1-30H. The molecule has 0 fully saturated rings. The maximum Gasteiger partial charge on any atom is 0.240 e. The van der Waals surface area contributed by atoms with E-state index >= 15 is 0 Å². The summed E-state index contributed by atoms with van der Waals surface area (Å²) in [5.74, 6) is 1.71. The van der Waals surface area contributed by atoms with Gasteiger partial charge in [-0.15, -0.1) is 0 Å². The fourth-order valence-electron chi connectivity index (χ4n) is 6.97. The van der Waals surface area contributed by atoms with Gasteiger partial charge in [-0.1, -0.05) is 103 Å². The first-order chi connectivity index (χ1) is 27.2. The van der Waals surface area contributed by atoms with Crippen molar-refractivity contribution in [3.63, 3.8) is 0 Å². The summed E-state index contributed by atoms with van der Waals surface area (Å²) in [6.45, 7) is 0. The molecule has 0 saturated heterocycles. The highest BCUT2D eigenvalue weighted by molar-refractivity contribution is 6.09. The molecule has 8 nitrogen and oxygen atoms in total. The summed E-state index contributed by atoms with van der Waals surface area (Å²) in [4.78, 5) is 33.9. The van der Waals surface area contributed by atoms with Gasteiger partial charge in [0.1, 0.15) is 5.65 Å². The summed E-state index contributed by atoms with van der Waals surface area (Å²) in [6.07, 6.45) is 5.39. The first-order valence-corrected chi connectivity index (χ1v) is 18.0. The molecular weight excluding hydrogens is 677 g/mol. The first-order valence-electron chi connectivity index (χ1n) is 18.0. The molecular formula is C47H30N8. The van der Waals surface area contributed by atoms with Crippen molar-refractivity contribution >= 4 is 21.9 Å². The first kappa shape index (κ1) is 32.0. The Balaban J connectivity index is 1.07. The number of benzene rings is 4. The van der Waals surface area contributed by atoms with E-state index in [9.17, 15) is 0 Å². The zero-order valence-corrected chi connectivity index (χ0v) is 29.4. The van der Waals surface area contributed by atoms with Crippen molar-refractivity contribution < 1.29 is 0 Å². The van der Waals surface area contributed by atoms with E-state index in [1.165, 1.54) is 0 Å². The van der Waals surface area contributed by atoms with Gasteiger partial charge >= 0.3 is 0 Å². The van der Waals surface area contributed by atoms with Crippen LogP contribution in [-0.2, 0) is 0 Å². The summed E-state index contributed by atoms with van der Waals surface area (Å²) in [5.41, 5.74) is 11.1. The van der Waals surface area contributed by atoms with Crippen molar-refractivity contribution in [2.24, 2.45) is 0 Å². The zero-order chi connectivity index (χ0) is 36.6. The fraction of sp³-hybridized carbons (Fsp3) is 0. The Bertz CT molecular complexity index is 2830. The second-order valence-corrected chi connectivity index (χ2v) is 13.1. The van der Waals surface area contributed by atoms with Gasteiger partial charge in [-0.3, -0.25) is 14.5 Å². The Morgan fingerprint density at radius 2 is 0.873 bits per heavy atom. The van der Waals surface area contributed by atoms with Crippen molar-refractivity contribution in [2.75, 3.05) is 0 Å².